The van der Waals surface area contributed by atoms with Gasteiger partial charge < -0.3 is 16.2 Å². The number of ether oxygens (including phenoxy) is 1. The first-order valence-corrected chi connectivity index (χ1v) is 5.94. The van der Waals surface area contributed by atoms with Crippen molar-refractivity contribution in [2.45, 2.75) is 25.4 Å². The van der Waals surface area contributed by atoms with Gasteiger partial charge in [-0.3, -0.25) is 4.79 Å². The molecule has 0 radical (unpaired) electrons. The molecule has 0 fully saturated rings. The number of primary amides is 1. The molecule has 5 heteroatoms. The third-order valence-corrected chi connectivity index (χ3v) is 3.34. The molecule has 96 valence electrons. The molecular formula is C13H15ClN2O2. The molecular weight excluding hydrogens is 252 g/mol. The second-order valence-corrected chi connectivity index (χ2v) is 5.27. The molecule has 0 aromatic heterocycles. The van der Waals surface area contributed by atoms with Gasteiger partial charge in [-0.1, -0.05) is 23.7 Å². The number of carbonyl (C=O) groups is 1. The largest absolute Gasteiger partial charge is 0.472 e. The fourth-order valence-electron chi connectivity index (χ4n) is 2.37. The highest BCUT2D eigenvalue weighted by atomic mass is 35.5. The Morgan fingerprint density at radius 3 is 2.39 bits per heavy atom. The van der Waals surface area contributed by atoms with Crippen molar-refractivity contribution >= 4 is 17.5 Å². The minimum Gasteiger partial charge on any atom is -0.472 e. The van der Waals surface area contributed by atoms with Crippen LogP contribution in [0.2, 0.25) is 5.02 Å². The Morgan fingerprint density at radius 2 is 1.89 bits per heavy atom. The SMILES string of the molecule is CC1(C)OC(N)=C(C(N)=O)C1c1ccc(Cl)cc1. The van der Waals surface area contributed by atoms with Crippen LogP contribution in [-0.4, -0.2) is 11.5 Å². The smallest absolute Gasteiger partial charge is 0.250 e. The molecule has 4 nitrogen and oxygen atoms in total. The first kappa shape index (κ1) is 12.8. The topological polar surface area (TPSA) is 78.3 Å². The van der Waals surface area contributed by atoms with Crippen molar-refractivity contribution < 1.29 is 9.53 Å². The summed E-state index contributed by atoms with van der Waals surface area (Å²) in [5.74, 6) is -0.738. The second-order valence-electron chi connectivity index (χ2n) is 4.83. The monoisotopic (exact) mass is 266 g/mol. The van der Waals surface area contributed by atoms with E-state index in [1.807, 2.05) is 26.0 Å². The summed E-state index contributed by atoms with van der Waals surface area (Å²) >= 11 is 5.86. The van der Waals surface area contributed by atoms with Crippen LogP contribution in [0.3, 0.4) is 0 Å². The van der Waals surface area contributed by atoms with E-state index in [1.54, 1.807) is 12.1 Å². The summed E-state index contributed by atoms with van der Waals surface area (Å²) in [5, 5.41) is 0.632. The Morgan fingerprint density at radius 1 is 1.33 bits per heavy atom. The normalized spacial score (nSPS) is 21.8. The lowest BCUT2D eigenvalue weighted by atomic mass is 9.80. The van der Waals surface area contributed by atoms with Gasteiger partial charge in [0.2, 0.25) is 0 Å². The molecule has 1 unspecified atom stereocenters. The van der Waals surface area contributed by atoms with Crippen molar-refractivity contribution in [1.29, 1.82) is 0 Å². The summed E-state index contributed by atoms with van der Waals surface area (Å²) in [5.41, 5.74) is 11.7. The number of amides is 1. The Bertz CT molecular complexity index is 520. The number of hydrogen-bond donors (Lipinski definition) is 2. The lowest BCUT2D eigenvalue weighted by molar-refractivity contribution is -0.114. The first-order chi connectivity index (χ1) is 8.33. The van der Waals surface area contributed by atoms with Gasteiger partial charge in [-0.2, -0.15) is 0 Å². The van der Waals surface area contributed by atoms with Crippen LogP contribution in [0.15, 0.2) is 35.7 Å². The van der Waals surface area contributed by atoms with Crippen LogP contribution in [-0.2, 0) is 9.53 Å². The van der Waals surface area contributed by atoms with E-state index < -0.39 is 11.5 Å². The lowest BCUT2D eigenvalue weighted by Crippen LogP contribution is -2.31. The minimum absolute atomic E-state index is 0.104. The molecule has 1 aromatic carbocycles. The highest BCUT2D eigenvalue weighted by molar-refractivity contribution is 6.30. The highest BCUT2D eigenvalue weighted by Gasteiger charge is 2.45. The number of carbonyl (C=O) groups excluding carboxylic acids is 1. The molecule has 0 spiro atoms. The average molecular weight is 267 g/mol. The van der Waals surface area contributed by atoms with Gasteiger partial charge in [0.25, 0.3) is 5.91 Å². The minimum atomic E-state index is -0.609. The molecule has 1 amide bonds. The van der Waals surface area contributed by atoms with Crippen LogP contribution in [0.1, 0.15) is 25.3 Å². The molecule has 1 aliphatic heterocycles. The van der Waals surface area contributed by atoms with Crippen LogP contribution < -0.4 is 11.5 Å². The quantitative estimate of drug-likeness (QED) is 0.858. The van der Waals surface area contributed by atoms with Crippen LogP contribution in [0, 0.1) is 0 Å². The van der Waals surface area contributed by atoms with Crippen molar-refractivity contribution in [2.75, 3.05) is 0 Å². The summed E-state index contributed by atoms with van der Waals surface area (Å²) in [6.07, 6.45) is 0. The summed E-state index contributed by atoms with van der Waals surface area (Å²) in [6.45, 7) is 3.74. The van der Waals surface area contributed by atoms with Crippen LogP contribution >= 0.6 is 11.6 Å². The highest BCUT2D eigenvalue weighted by Crippen LogP contribution is 2.44. The standard InChI is InChI=1S/C13H15ClN2O2/c1-13(2)10(7-3-5-8(14)6-4-7)9(11(15)17)12(16)18-13/h3-6,10H,16H2,1-2H3,(H2,15,17). The van der Waals surface area contributed by atoms with Gasteiger partial charge in [0, 0.05) is 5.02 Å². The summed E-state index contributed by atoms with van der Waals surface area (Å²) in [4.78, 5) is 11.5. The molecule has 1 aliphatic rings. The maximum Gasteiger partial charge on any atom is 0.250 e. The maximum absolute atomic E-state index is 11.5. The van der Waals surface area contributed by atoms with Gasteiger partial charge in [-0.05, 0) is 31.5 Å². The summed E-state index contributed by atoms with van der Waals surface area (Å²) in [6, 6.07) is 7.22. The van der Waals surface area contributed by atoms with E-state index in [1.165, 1.54) is 0 Å². The lowest BCUT2D eigenvalue weighted by Gasteiger charge is -2.27. The average Bonchev–Trinajstić information content (AvgIpc) is 2.49. The predicted molar refractivity (Wildman–Crippen MR) is 69.8 cm³/mol. The number of halogens is 1. The van der Waals surface area contributed by atoms with Crippen molar-refractivity contribution in [1.82, 2.24) is 0 Å². The van der Waals surface area contributed by atoms with E-state index in [0.29, 0.717) is 10.6 Å². The van der Waals surface area contributed by atoms with E-state index in [4.69, 9.17) is 27.8 Å². The maximum atomic E-state index is 11.5. The van der Waals surface area contributed by atoms with E-state index in [-0.39, 0.29) is 11.8 Å². The molecule has 18 heavy (non-hydrogen) atoms. The Hall–Kier alpha value is -1.68. The van der Waals surface area contributed by atoms with Crippen molar-refractivity contribution in [3.05, 3.63) is 46.3 Å². The van der Waals surface area contributed by atoms with Gasteiger partial charge in [0.15, 0.2) is 5.88 Å². The van der Waals surface area contributed by atoms with E-state index >= 15 is 0 Å². The molecule has 0 saturated carbocycles. The van der Waals surface area contributed by atoms with Crippen LogP contribution in [0.4, 0.5) is 0 Å². The first-order valence-electron chi connectivity index (χ1n) is 5.57. The fourth-order valence-corrected chi connectivity index (χ4v) is 2.50. The number of rotatable bonds is 2. The molecule has 1 aromatic rings. The van der Waals surface area contributed by atoms with Gasteiger partial charge in [-0.15, -0.1) is 0 Å². The number of hydrogen-bond acceptors (Lipinski definition) is 3. The number of nitrogens with two attached hydrogens (primary N) is 2. The summed E-state index contributed by atoms with van der Waals surface area (Å²) in [7, 11) is 0. The van der Waals surface area contributed by atoms with Crippen LogP contribution in [0.25, 0.3) is 0 Å². The zero-order valence-electron chi connectivity index (χ0n) is 10.2. The van der Waals surface area contributed by atoms with Gasteiger partial charge in [0.1, 0.15) is 5.60 Å². The molecule has 1 heterocycles. The molecule has 0 aliphatic carbocycles. The summed E-state index contributed by atoms with van der Waals surface area (Å²) < 4.78 is 5.54. The Balaban J connectivity index is 2.51. The molecule has 0 bridgehead atoms. The predicted octanol–water partition coefficient (Wildman–Crippen LogP) is 1.89. The van der Waals surface area contributed by atoms with Gasteiger partial charge in [-0.25, -0.2) is 0 Å². The molecule has 4 N–H and O–H groups in total. The fraction of sp³-hybridized carbons (Fsp3) is 0.308. The second kappa shape index (κ2) is 4.21. The van der Waals surface area contributed by atoms with E-state index in [0.717, 1.165) is 5.56 Å². The Labute approximate surface area is 111 Å². The zero-order valence-corrected chi connectivity index (χ0v) is 11.0. The molecule has 2 rings (SSSR count). The van der Waals surface area contributed by atoms with Crippen molar-refractivity contribution in [3.8, 4) is 0 Å². The number of benzene rings is 1. The molecule has 0 saturated heterocycles. The van der Waals surface area contributed by atoms with E-state index in [2.05, 4.69) is 0 Å². The van der Waals surface area contributed by atoms with Crippen molar-refractivity contribution in [3.63, 3.8) is 0 Å². The Kier molecular flexibility index (Phi) is 2.99. The van der Waals surface area contributed by atoms with Crippen molar-refractivity contribution in [2.24, 2.45) is 11.5 Å². The third kappa shape index (κ3) is 2.04. The van der Waals surface area contributed by atoms with Gasteiger partial charge >= 0.3 is 0 Å². The van der Waals surface area contributed by atoms with Gasteiger partial charge in [0.05, 0.1) is 11.5 Å². The van der Waals surface area contributed by atoms with E-state index in [9.17, 15) is 4.79 Å². The molecule has 1 atom stereocenters. The van der Waals surface area contributed by atoms with Crippen LogP contribution in [0.5, 0.6) is 0 Å². The zero-order chi connectivity index (χ0) is 13.5. The third-order valence-electron chi connectivity index (χ3n) is 3.09.